The molecule has 0 spiro atoms. The van der Waals surface area contributed by atoms with Crippen molar-refractivity contribution < 1.29 is 8.78 Å². The minimum absolute atomic E-state index is 0.286. The van der Waals surface area contributed by atoms with Crippen LogP contribution in [0.5, 0.6) is 0 Å². The van der Waals surface area contributed by atoms with Gasteiger partial charge in [0.2, 0.25) is 0 Å². The number of hydrogen-bond acceptors (Lipinski definition) is 0. The number of rotatable bonds is 3. The van der Waals surface area contributed by atoms with Crippen molar-refractivity contribution in [2.75, 3.05) is 0 Å². The third-order valence-corrected chi connectivity index (χ3v) is 3.65. The molecule has 0 aliphatic heterocycles. The van der Waals surface area contributed by atoms with Crippen LogP contribution < -0.4 is 0 Å². The topological polar surface area (TPSA) is 0 Å². The van der Waals surface area contributed by atoms with Gasteiger partial charge in [0.25, 0.3) is 0 Å². The summed E-state index contributed by atoms with van der Waals surface area (Å²) in [5, 5.41) is 0. The molecule has 0 N–H and O–H groups in total. The molecule has 1 atom stereocenters. The van der Waals surface area contributed by atoms with Crippen molar-refractivity contribution in [3.8, 4) is 11.1 Å². The van der Waals surface area contributed by atoms with Crippen LogP contribution >= 0.6 is 0 Å². The van der Waals surface area contributed by atoms with Crippen LogP contribution in [0, 0.1) is 18.6 Å². The highest BCUT2D eigenvalue weighted by Crippen LogP contribution is 2.33. The van der Waals surface area contributed by atoms with E-state index in [9.17, 15) is 8.78 Å². The molecule has 0 amide bonds. The van der Waals surface area contributed by atoms with Gasteiger partial charge in [0.05, 0.1) is 0 Å². The van der Waals surface area contributed by atoms with Crippen molar-refractivity contribution in [3.05, 3.63) is 59.2 Å². The minimum Gasteiger partial charge on any atom is -0.207 e. The van der Waals surface area contributed by atoms with Crippen LogP contribution in [0.3, 0.4) is 0 Å². The Morgan fingerprint density at radius 2 is 1.53 bits per heavy atom. The largest absolute Gasteiger partial charge is 0.207 e. The van der Waals surface area contributed by atoms with Crippen molar-refractivity contribution in [1.82, 2.24) is 0 Å². The summed E-state index contributed by atoms with van der Waals surface area (Å²) in [4.78, 5) is 0. The molecule has 2 aromatic carbocycles. The molecule has 2 aromatic rings. The van der Waals surface area contributed by atoms with Gasteiger partial charge in [-0.2, -0.15) is 0 Å². The van der Waals surface area contributed by atoms with Crippen molar-refractivity contribution >= 4 is 0 Å². The molecule has 0 aliphatic carbocycles. The van der Waals surface area contributed by atoms with Gasteiger partial charge in [-0.25, -0.2) is 8.78 Å². The summed E-state index contributed by atoms with van der Waals surface area (Å²) in [6, 6.07) is 9.43. The number of aryl methyl sites for hydroxylation is 1. The van der Waals surface area contributed by atoms with Gasteiger partial charge in [-0.15, -0.1) is 0 Å². The zero-order chi connectivity index (χ0) is 14.0. The summed E-state index contributed by atoms with van der Waals surface area (Å²) in [5.74, 6) is -0.260. The van der Waals surface area contributed by atoms with Crippen LogP contribution in [0.25, 0.3) is 11.1 Å². The van der Waals surface area contributed by atoms with Gasteiger partial charge < -0.3 is 0 Å². The van der Waals surface area contributed by atoms with Gasteiger partial charge in [0.15, 0.2) is 0 Å². The quantitative estimate of drug-likeness (QED) is 0.688. The Hall–Kier alpha value is -1.70. The molecule has 0 aliphatic rings. The molecule has 0 heterocycles. The second kappa shape index (κ2) is 5.52. The molecule has 0 nitrogen and oxygen atoms in total. The summed E-state index contributed by atoms with van der Waals surface area (Å²) >= 11 is 0. The third kappa shape index (κ3) is 2.83. The molecule has 1 unspecified atom stereocenters. The number of benzene rings is 2. The standard InChI is InChI=1S/C17H18F2/c1-4-11(2)15-8-7-14(19)10-17(15)16-9-13(18)6-5-12(16)3/h5-11H,4H2,1-3H3. The molecule has 0 aromatic heterocycles. The Kier molecular flexibility index (Phi) is 3.98. The summed E-state index contributed by atoms with van der Waals surface area (Å²) in [6.07, 6.45) is 0.965. The maximum absolute atomic E-state index is 13.5. The molecule has 0 saturated heterocycles. The van der Waals surface area contributed by atoms with E-state index in [1.807, 2.05) is 13.0 Å². The lowest BCUT2D eigenvalue weighted by Crippen LogP contribution is -1.98. The predicted molar refractivity (Wildman–Crippen MR) is 75.2 cm³/mol. The molecule has 100 valence electrons. The Labute approximate surface area is 113 Å². The van der Waals surface area contributed by atoms with Crippen molar-refractivity contribution in [2.24, 2.45) is 0 Å². The Bertz CT molecular complexity index is 588. The van der Waals surface area contributed by atoms with Crippen LogP contribution in [0.15, 0.2) is 36.4 Å². The average molecular weight is 260 g/mol. The van der Waals surface area contributed by atoms with E-state index in [0.717, 1.165) is 28.7 Å². The van der Waals surface area contributed by atoms with Gasteiger partial charge in [-0.3, -0.25) is 0 Å². The lowest BCUT2D eigenvalue weighted by molar-refractivity contribution is 0.623. The highest BCUT2D eigenvalue weighted by atomic mass is 19.1. The second-order valence-electron chi connectivity index (χ2n) is 5.00. The van der Waals surface area contributed by atoms with Gasteiger partial charge in [-0.05, 0) is 65.8 Å². The second-order valence-corrected chi connectivity index (χ2v) is 5.00. The van der Waals surface area contributed by atoms with E-state index in [0.29, 0.717) is 5.92 Å². The Morgan fingerprint density at radius 1 is 0.947 bits per heavy atom. The zero-order valence-corrected chi connectivity index (χ0v) is 11.5. The van der Waals surface area contributed by atoms with E-state index >= 15 is 0 Å². The van der Waals surface area contributed by atoms with E-state index in [2.05, 4.69) is 13.8 Å². The van der Waals surface area contributed by atoms with E-state index < -0.39 is 0 Å². The SMILES string of the molecule is CCC(C)c1ccc(F)cc1-c1cc(F)ccc1C. The fourth-order valence-corrected chi connectivity index (χ4v) is 2.30. The molecule has 0 saturated carbocycles. The summed E-state index contributed by atoms with van der Waals surface area (Å²) in [6.45, 7) is 6.11. The van der Waals surface area contributed by atoms with Crippen molar-refractivity contribution in [3.63, 3.8) is 0 Å². The molecule has 0 radical (unpaired) electrons. The van der Waals surface area contributed by atoms with E-state index in [-0.39, 0.29) is 11.6 Å². The number of hydrogen-bond donors (Lipinski definition) is 0. The molecule has 0 fully saturated rings. The lowest BCUT2D eigenvalue weighted by Gasteiger charge is -2.17. The average Bonchev–Trinajstić information content (AvgIpc) is 2.40. The van der Waals surface area contributed by atoms with E-state index in [1.54, 1.807) is 6.07 Å². The zero-order valence-electron chi connectivity index (χ0n) is 11.5. The van der Waals surface area contributed by atoms with Gasteiger partial charge >= 0.3 is 0 Å². The first-order valence-electron chi connectivity index (χ1n) is 6.59. The maximum Gasteiger partial charge on any atom is 0.123 e. The highest BCUT2D eigenvalue weighted by Gasteiger charge is 2.14. The summed E-state index contributed by atoms with van der Waals surface area (Å²) in [7, 11) is 0. The summed E-state index contributed by atoms with van der Waals surface area (Å²) < 4.78 is 27.0. The van der Waals surface area contributed by atoms with Crippen LogP contribution in [-0.2, 0) is 0 Å². The van der Waals surface area contributed by atoms with Crippen LogP contribution in [0.2, 0.25) is 0 Å². The predicted octanol–water partition coefficient (Wildman–Crippen LogP) is 5.45. The van der Waals surface area contributed by atoms with E-state index in [4.69, 9.17) is 0 Å². The number of halogens is 2. The molecular formula is C17H18F2. The fourth-order valence-electron chi connectivity index (χ4n) is 2.30. The van der Waals surface area contributed by atoms with E-state index in [1.165, 1.54) is 24.3 Å². The molecule has 2 rings (SSSR count). The van der Waals surface area contributed by atoms with Gasteiger partial charge in [0, 0.05) is 0 Å². The monoisotopic (exact) mass is 260 g/mol. The smallest absolute Gasteiger partial charge is 0.123 e. The molecule has 0 bridgehead atoms. The minimum atomic E-state index is -0.292. The fraction of sp³-hybridized carbons (Fsp3) is 0.294. The van der Waals surface area contributed by atoms with Crippen molar-refractivity contribution in [1.29, 1.82) is 0 Å². The van der Waals surface area contributed by atoms with Gasteiger partial charge in [0.1, 0.15) is 11.6 Å². The first kappa shape index (κ1) is 13.7. The molecule has 19 heavy (non-hydrogen) atoms. The maximum atomic E-state index is 13.5. The lowest BCUT2D eigenvalue weighted by atomic mass is 9.88. The normalized spacial score (nSPS) is 12.5. The van der Waals surface area contributed by atoms with Crippen LogP contribution in [0.4, 0.5) is 8.78 Å². The van der Waals surface area contributed by atoms with Crippen LogP contribution in [0.1, 0.15) is 37.3 Å². The summed E-state index contributed by atoms with van der Waals surface area (Å²) in [5.41, 5.74) is 3.59. The third-order valence-electron chi connectivity index (χ3n) is 3.65. The first-order valence-corrected chi connectivity index (χ1v) is 6.59. The van der Waals surface area contributed by atoms with Crippen molar-refractivity contribution in [2.45, 2.75) is 33.1 Å². The van der Waals surface area contributed by atoms with Crippen LogP contribution in [-0.4, -0.2) is 0 Å². The first-order chi connectivity index (χ1) is 9.02. The molecule has 2 heteroatoms. The van der Waals surface area contributed by atoms with Gasteiger partial charge in [-0.1, -0.05) is 26.0 Å². The Morgan fingerprint density at radius 3 is 2.16 bits per heavy atom. The molecular weight excluding hydrogens is 242 g/mol. The Balaban J connectivity index is 2.66. The highest BCUT2D eigenvalue weighted by molar-refractivity contribution is 5.71.